The van der Waals surface area contributed by atoms with E-state index in [1.807, 2.05) is 36.2 Å². The van der Waals surface area contributed by atoms with Crippen molar-refractivity contribution in [3.63, 3.8) is 0 Å². The van der Waals surface area contributed by atoms with Crippen LogP contribution in [0.15, 0.2) is 29.2 Å². The second-order valence-corrected chi connectivity index (χ2v) is 4.45. The molecule has 1 amide bonds. The van der Waals surface area contributed by atoms with Crippen LogP contribution in [0.2, 0.25) is 0 Å². The maximum atomic E-state index is 12.1. The highest BCUT2D eigenvalue weighted by molar-refractivity contribution is 7.80. The van der Waals surface area contributed by atoms with E-state index >= 15 is 0 Å². The predicted octanol–water partition coefficient (Wildman–Crippen LogP) is 3.24. The zero-order valence-corrected chi connectivity index (χ0v) is 11.0. The van der Waals surface area contributed by atoms with Gasteiger partial charge in [0.05, 0.1) is 0 Å². The van der Waals surface area contributed by atoms with Crippen LogP contribution in [0.3, 0.4) is 0 Å². The zero-order valence-electron chi connectivity index (χ0n) is 10.1. The van der Waals surface area contributed by atoms with E-state index in [-0.39, 0.29) is 5.91 Å². The third-order valence-electron chi connectivity index (χ3n) is 2.92. The molecule has 0 aromatic heterocycles. The highest BCUT2D eigenvalue weighted by Gasteiger charge is 2.17. The van der Waals surface area contributed by atoms with Gasteiger partial charge in [-0.25, -0.2) is 0 Å². The van der Waals surface area contributed by atoms with Crippen LogP contribution in [0.4, 0.5) is 0 Å². The van der Waals surface area contributed by atoms with Crippen LogP contribution in [0.25, 0.3) is 0 Å². The lowest BCUT2D eigenvalue weighted by Crippen LogP contribution is -2.36. The van der Waals surface area contributed by atoms with Crippen molar-refractivity contribution in [1.29, 1.82) is 0 Å². The Balaban J connectivity index is 2.81. The first-order valence-corrected chi connectivity index (χ1v) is 6.11. The standard InChI is InChI=1S/C13H19NOS/c1-4-11(5-2)14(3)13(15)10-6-8-12(16)9-7-10/h6-9,11,16H,4-5H2,1-3H3. The van der Waals surface area contributed by atoms with Gasteiger partial charge < -0.3 is 4.90 Å². The summed E-state index contributed by atoms with van der Waals surface area (Å²) in [6.07, 6.45) is 1.98. The third-order valence-corrected chi connectivity index (χ3v) is 3.22. The van der Waals surface area contributed by atoms with Crippen LogP contribution in [0.1, 0.15) is 37.0 Å². The number of thiol groups is 1. The molecule has 0 fully saturated rings. The molecule has 0 aliphatic heterocycles. The fourth-order valence-corrected chi connectivity index (χ4v) is 1.96. The van der Waals surface area contributed by atoms with Crippen molar-refractivity contribution < 1.29 is 4.79 Å². The van der Waals surface area contributed by atoms with Crippen molar-refractivity contribution in [3.05, 3.63) is 29.8 Å². The Bertz CT molecular complexity index is 343. The summed E-state index contributed by atoms with van der Waals surface area (Å²) in [5, 5.41) is 0. The Hall–Kier alpha value is -0.960. The van der Waals surface area contributed by atoms with E-state index in [2.05, 4.69) is 26.5 Å². The van der Waals surface area contributed by atoms with Crippen LogP contribution in [-0.2, 0) is 0 Å². The average Bonchev–Trinajstić information content (AvgIpc) is 2.30. The fourth-order valence-electron chi connectivity index (χ4n) is 1.81. The molecular weight excluding hydrogens is 218 g/mol. The van der Waals surface area contributed by atoms with Gasteiger partial charge in [-0.15, -0.1) is 12.6 Å². The summed E-state index contributed by atoms with van der Waals surface area (Å²) in [6.45, 7) is 4.21. The normalized spacial score (nSPS) is 10.6. The minimum absolute atomic E-state index is 0.0852. The fraction of sp³-hybridized carbons (Fsp3) is 0.462. The minimum Gasteiger partial charge on any atom is -0.339 e. The van der Waals surface area contributed by atoms with E-state index in [1.165, 1.54) is 0 Å². The van der Waals surface area contributed by atoms with E-state index in [0.29, 0.717) is 6.04 Å². The second kappa shape index (κ2) is 5.94. The molecule has 0 atom stereocenters. The first-order chi connectivity index (χ1) is 7.60. The summed E-state index contributed by atoms with van der Waals surface area (Å²) in [5.74, 6) is 0.0852. The Morgan fingerprint density at radius 2 is 1.75 bits per heavy atom. The SMILES string of the molecule is CCC(CC)N(C)C(=O)c1ccc(S)cc1. The Morgan fingerprint density at radius 3 is 2.19 bits per heavy atom. The summed E-state index contributed by atoms with van der Waals surface area (Å²) < 4.78 is 0. The van der Waals surface area contributed by atoms with Gasteiger partial charge in [0.1, 0.15) is 0 Å². The molecule has 3 heteroatoms. The number of amides is 1. The summed E-state index contributed by atoms with van der Waals surface area (Å²) in [7, 11) is 1.87. The maximum Gasteiger partial charge on any atom is 0.253 e. The van der Waals surface area contributed by atoms with Gasteiger partial charge in [0.25, 0.3) is 5.91 Å². The van der Waals surface area contributed by atoms with Gasteiger partial charge in [-0.2, -0.15) is 0 Å². The van der Waals surface area contributed by atoms with Gasteiger partial charge in [0, 0.05) is 23.5 Å². The van der Waals surface area contributed by atoms with Crippen molar-refractivity contribution in [1.82, 2.24) is 4.90 Å². The minimum atomic E-state index is 0.0852. The molecule has 0 N–H and O–H groups in total. The second-order valence-electron chi connectivity index (χ2n) is 3.93. The highest BCUT2D eigenvalue weighted by Crippen LogP contribution is 2.13. The van der Waals surface area contributed by atoms with Gasteiger partial charge in [0.15, 0.2) is 0 Å². The maximum absolute atomic E-state index is 12.1. The predicted molar refractivity (Wildman–Crippen MR) is 70.2 cm³/mol. The highest BCUT2D eigenvalue weighted by atomic mass is 32.1. The number of rotatable bonds is 4. The molecule has 1 aromatic carbocycles. The summed E-state index contributed by atoms with van der Waals surface area (Å²) in [4.78, 5) is 14.8. The zero-order chi connectivity index (χ0) is 12.1. The van der Waals surface area contributed by atoms with Crippen molar-refractivity contribution in [2.45, 2.75) is 37.6 Å². The molecule has 0 aliphatic carbocycles. The van der Waals surface area contributed by atoms with E-state index in [9.17, 15) is 4.79 Å². The molecule has 1 aromatic rings. The lowest BCUT2D eigenvalue weighted by atomic mass is 10.1. The molecule has 2 nitrogen and oxygen atoms in total. The molecule has 0 aliphatic rings. The largest absolute Gasteiger partial charge is 0.339 e. The van der Waals surface area contributed by atoms with Crippen molar-refractivity contribution in [2.75, 3.05) is 7.05 Å². The summed E-state index contributed by atoms with van der Waals surface area (Å²) in [6, 6.07) is 7.66. The molecule has 16 heavy (non-hydrogen) atoms. The average molecular weight is 237 g/mol. The van der Waals surface area contributed by atoms with E-state index in [1.54, 1.807) is 0 Å². The lowest BCUT2D eigenvalue weighted by molar-refractivity contribution is 0.0723. The molecule has 0 saturated heterocycles. The van der Waals surface area contributed by atoms with Crippen LogP contribution in [0, 0.1) is 0 Å². The van der Waals surface area contributed by atoms with Gasteiger partial charge in [-0.3, -0.25) is 4.79 Å². The number of nitrogens with zero attached hydrogens (tertiary/aromatic N) is 1. The first kappa shape index (κ1) is 13.1. The first-order valence-electron chi connectivity index (χ1n) is 5.66. The molecule has 88 valence electrons. The summed E-state index contributed by atoms with van der Waals surface area (Å²) in [5.41, 5.74) is 0.729. The van der Waals surface area contributed by atoms with Crippen molar-refractivity contribution >= 4 is 18.5 Å². The van der Waals surface area contributed by atoms with Crippen LogP contribution < -0.4 is 0 Å². The molecule has 0 spiro atoms. The molecule has 0 bridgehead atoms. The van der Waals surface area contributed by atoms with E-state index < -0.39 is 0 Å². The molecule has 1 rings (SSSR count). The Morgan fingerprint density at radius 1 is 1.25 bits per heavy atom. The molecule has 0 saturated carbocycles. The van der Waals surface area contributed by atoms with Gasteiger partial charge in [-0.05, 0) is 37.1 Å². The monoisotopic (exact) mass is 237 g/mol. The number of carbonyl (C=O) groups is 1. The molecule has 0 radical (unpaired) electrons. The smallest absolute Gasteiger partial charge is 0.253 e. The third kappa shape index (κ3) is 3.01. The Kier molecular flexibility index (Phi) is 4.87. The van der Waals surface area contributed by atoms with Crippen LogP contribution in [-0.4, -0.2) is 23.9 Å². The molecule has 0 heterocycles. The molecule has 0 unspecified atom stereocenters. The molecular formula is C13H19NOS. The van der Waals surface area contributed by atoms with Gasteiger partial charge in [0.2, 0.25) is 0 Å². The Labute approximate surface area is 103 Å². The van der Waals surface area contributed by atoms with E-state index in [4.69, 9.17) is 0 Å². The quantitative estimate of drug-likeness (QED) is 0.797. The van der Waals surface area contributed by atoms with Crippen molar-refractivity contribution in [3.8, 4) is 0 Å². The lowest BCUT2D eigenvalue weighted by Gasteiger charge is -2.26. The summed E-state index contributed by atoms with van der Waals surface area (Å²) >= 11 is 4.20. The van der Waals surface area contributed by atoms with Gasteiger partial charge in [-0.1, -0.05) is 13.8 Å². The van der Waals surface area contributed by atoms with Gasteiger partial charge >= 0.3 is 0 Å². The number of benzene rings is 1. The topological polar surface area (TPSA) is 20.3 Å². The van der Waals surface area contributed by atoms with Crippen LogP contribution in [0.5, 0.6) is 0 Å². The van der Waals surface area contributed by atoms with Crippen LogP contribution >= 0.6 is 12.6 Å². The van der Waals surface area contributed by atoms with E-state index in [0.717, 1.165) is 23.3 Å². The number of hydrogen-bond donors (Lipinski definition) is 1. The number of carbonyl (C=O) groups excluding carboxylic acids is 1. The van der Waals surface area contributed by atoms with Crippen molar-refractivity contribution in [2.24, 2.45) is 0 Å². The number of hydrogen-bond acceptors (Lipinski definition) is 2.